The molecule has 0 fully saturated rings. The molecule has 8 rings (SSSR count). The van der Waals surface area contributed by atoms with Crippen molar-refractivity contribution < 1.29 is 37.8 Å². The lowest BCUT2D eigenvalue weighted by Crippen LogP contribution is -2.39. The third-order valence-electron chi connectivity index (χ3n) is 10.3. The zero-order chi connectivity index (χ0) is 45.3. The topological polar surface area (TPSA) is 246 Å². The maximum absolute atomic E-state index is 13.3. The molecule has 7 N–H and O–H groups in total. The van der Waals surface area contributed by atoms with E-state index in [4.69, 9.17) is 9.05 Å². The van der Waals surface area contributed by atoms with E-state index in [0.29, 0.717) is 57.0 Å². The molecular formula is C46H42N10O8. The van der Waals surface area contributed by atoms with E-state index in [2.05, 4.69) is 47.2 Å². The number of aromatic nitrogens is 3. The van der Waals surface area contributed by atoms with Crippen LogP contribution in [0.25, 0.3) is 10.9 Å². The standard InChI is InChI=1S/C46H42N10O8/c1-45(2,3)35-21-37(54-63-35)52-42(60)49-27-13-11-26(12-14-27)48-39(57)33-24-47-34-20-25(10-19-30(33)34)23-46(4,5)36-22-38(55-64-36)53-43(61)50-28-15-17-29(18-16-28)51-44(62)56-40(58)31-8-6-7-9-32(31)41(56)59/h6-22,24,47H,23H2,1-5H3,(H,48,57)(H,51,62)(H2,49,52,54,60)(H2,50,53,55,61). The van der Waals surface area contributed by atoms with E-state index in [1.54, 1.807) is 54.7 Å². The number of rotatable bonds is 10. The normalized spacial score (nSPS) is 12.5. The second-order valence-corrected chi connectivity index (χ2v) is 16.7. The summed E-state index contributed by atoms with van der Waals surface area (Å²) in [5.41, 5.74) is 3.44. The fraction of sp³-hybridized carbons (Fsp3) is 0.174. The monoisotopic (exact) mass is 862 g/mol. The van der Waals surface area contributed by atoms with Crippen LogP contribution >= 0.6 is 0 Å². The molecule has 0 unspecified atom stereocenters. The fourth-order valence-electron chi connectivity index (χ4n) is 6.99. The van der Waals surface area contributed by atoms with Gasteiger partial charge in [-0.2, -0.15) is 4.90 Å². The number of urea groups is 3. The molecule has 1 aliphatic heterocycles. The van der Waals surface area contributed by atoms with Crippen LogP contribution in [-0.2, 0) is 17.3 Å². The molecule has 18 heteroatoms. The van der Waals surface area contributed by atoms with E-state index >= 15 is 0 Å². The second kappa shape index (κ2) is 16.7. The SMILES string of the molecule is CC(C)(C)c1cc(NC(=O)Nc2ccc(NC(=O)c3c[nH]c4cc(CC(C)(C)c5cc(NC(=O)Nc6ccc(NC(=O)N7C(=O)c8ccccc8C7=O)cc6)no5)ccc34)cc2)no1. The van der Waals surface area contributed by atoms with E-state index in [9.17, 15) is 28.8 Å². The van der Waals surface area contributed by atoms with Crippen LogP contribution in [0.1, 0.15) is 82.8 Å². The van der Waals surface area contributed by atoms with Gasteiger partial charge in [-0.1, -0.05) is 69.2 Å². The summed E-state index contributed by atoms with van der Waals surface area (Å²) in [5.74, 6) is -0.0677. The van der Waals surface area contributed by atoms with Gasteiger partial charge in [0.1, 0.15) is 11.5 Å². The Morgan fingerprint density at radius 2 is 1.11 bits per heavy atom. The van der Waals surface area contributed by atoms with Gasteiger partial charge >= 0.3 is 18.1 Å². The van der Waals surface area contributed by atoms with E-state index < -0.39 is 35.3 Å². The van der Waals surface area contributed by atoms with Crippen LogP contribution in [-0.4, -0.2) is 56.0 Å². The predicted octanol–water partition coefficient (Wildman–Crippen LogP) is 9.33. The molecular weight excluding hydrogens is 821 g/mol. The second-order valence-electron chi connectivity index (χ2n) is 16.7. The lowest BCUT2D eigenvalue weighted by molar-refractivity contribution is 0.0712. The zero-order valence-electron chi connectivity index (χ0n) is 35.2. The average Bonchev–Trinajstić information content (AvgIpc) is 4.06. The number of nitrogens with zero attached hydrogens (tertiary/aromatic N) is 3. The average molecular weight is 863 g/mol. The minimum absolute atomic E-state index is 0.158. The molecule has 4 aromatic carbocycles. The Kier molecular flexibility index (Phi) is 11.0. The molecule has 0 atom stereocenters. The summed E-state index contributed by atoms with van der Waals surface area (Å²) in [6.07, 6.45) is 2.19. The first-order valence-electron chi connectivity index (χ1n) is 20.0. The smallest absolute Gasteiger partial charge is 0.336 e. The number of aromatic amines is 1. The number of carbonyl (C=O) groups excluding carboxylic acids is 6. The van der Waals surface area contributed by atoms with Crippen molar-refractivity contribution >= 4 is 81.1 Å². The van der Waals surface area contributed by atoms with Crippen molar-refractivity contribution in [3.63, 3.8) is 0 Å². The first kappa shape index (κ1) is 42.2. The van der Waals surface area contributed by atoms with Gasteiger partial charge in [0.15, 0.2) is 11.6 Å². The number of H-pyrrole nitrogens is 1. The first-order valence-corrected chi connectivity index (χ1v) is 20.0. The van der Waals surface area contributed by atoms with Crippen molar-refractivity contribution in [3.05, 3.63) is 143 Å². The summed E-state index contributed by atoms with van der Waals surface area (Å²) in [7, 11) is 0. The van der Waals surface area contributed by atoms with Crippen LogP contribution in [0.15, 0.2) is 118 Å². The van der Waals surface area contributed by atoms with Crippen LogP contribution in [0.2, 0.25) is 0 Å². The van der Waals surface area contributed by atoms with Gasteiger partial charge in [0, 0.05) is 62.8 Å². The largest absolute Gasteiger partial charge is 0.360 e. The van der Waals surface area contributed by atoms with Crippen LogP contribution in [0.5, 0.6) is 0 Å². The minimum Gasteiger partial charge on any atom is -0.360 e. The molecule has 4 heterocycles. The third kappa shape index (κ3) is 9.06. The van der Waals surface area contributed by atoms with E-state index in [0.717, 1.165) is 16.5 Å². The highest BCUT2D eigenvalue weighted by atomic mass is 16.5. The third-order valence-corrected chi connectivity index (χ3v) is 10.3. The number of imide groups is 3. The highest BCUT2D eigenvalue weighted by molar-refractivity contribution is 6.30. The molecule has 18 nitrogen and oxygen atoms in total. The lowest BCUT2D eigenvalue weighted by atomic mass is 9.83. The molecule has 0 radical (unpaired) electrons. The summed E-state index contributed by atoms with van der Waals surface area (Å²) in [6.45, 7) is 9.90. The molecule has 324 valence electrons. The van der Waals surface area contributed by atoms with Gasteiger partial charge in [-0.3, -0.25) is 25.0 Å². The van der Waals surface area contributed by atoms with Crippen LogP contribution < -0.4 is 31.9 Å². The van der Waals surface area contributed by atoms with Crippen molar-refractivity contribution in [2.45, 2.75) is 51.9 Å². The van der Waals surface area contributed by atoms with Gasteiger partial charge < -0.3 is 35.3 Å². The Morgan fingerprint density at radius 3 is 1.64 bits per heavy atom. The van der Waals surface area contributed by atoms with Crippen LogP contribution in [0, 0.1) is 0 Å². The zero-order valence-corrected chi connectivity index (χ0v) is 35.2. The number of hydrogen-bond acceptors (Lipinski definition) is 10. The van der Waals surface area contributed by atoms with Crippen molar-refractivity contribution in [2.75, 3.05) is 31.9 Å². The Bertz CT molecular complexity index is 2920. The number of fused-ring (bicyclic) bond motifs is 2. The van der Waals surface area contributed by atoms with Gasteiger partial charge in [0.2, 0.25) is 0 Å². The molecule has 1 aliphatic rings. The number of hydrogen-bond donors (Lipinski definition) is 7. The van der Waals surface area contributed by atoms with Gasteiger partial charge in [0.25, 0.3) is 17.7 Å². The summed E-state index contributed by atoms with van der Waals surface area (Å²) in [4.78, 5) is 80.5. The van der Waals surface area contributed by atoms with E-state index in [1.165, 1.54) is 36.4 Å². The van der Waals surface area contributed by atoms with Gasteiger partial charge in [-0.05, 0) is 78.7 Å². The predicted molar refractivity (Wildman–Crippen MR) is 239 cm³/mol. The van der Waals surface area contributed by atoms with Crippen molar-refractivity contribution in [1.29, 1.82) is 0 Å². The first-order chi connectivity index (χ1) is 30.5. The summed E-state index contributed by atoms with van der Waals surface area (Å²) in [6, 6.07) is 26.1. The molecule has 9 amide bonds. The maximum Gasteiger partial charge on any atom is 0.336 e. The molecule has 64 heavy (non-hydrogen) atoms. The van der Waals surface area contributed by atoms with E-state index in [1.807, 2.05) is 52.8 Å². The molecule has 0 saturated heterocycles. The van der Waals surface area contributed by atoms with Crippen LogP contribution in [0.3, 0.4) is 0 Å². The summed E-state index contributed by atoms with van der Waals surface area (Å²) >= 11 is 0. The maximum atomic E-state index is 13.3. The number of anilines is 6. The quantitative estimate of drug-likeness (QED) is 0.0642. The van der Waals surface area contributed by atoms with Gasteiger partial charge in [-0.15, -0.1) is 0 Å². The number of amides is 9. The fourth-order valence-corrected chi connectivity index (χ4v) is 6.99. The Hall–Kier alpha value is -8.54. The van der Waals surface area contributed by atoms with Crippen LogP contribution in [0.4, 0.5) is 48.8 Å². The molecule has 3 aromatic heterocycles. The number of carbonyl (C=O) groups is 6. The molecule has 0 spiro atoms. The number of benzene rings is 4. The summed E-state index contributed by atoms with van der Waals surface area (Å²) in [5, 5.41) is 24.8. The van der Waals surface area contributed by atoms with Crippen molar-refractivity contribution in [2.24, 2.45) is 0 Å². The number of nitrogens with one attached hydrogen (secondary N) is 7. The van der Waals surface area contributed by atoms with Crippen molar-refractivity contribution in [1.82, 2.24) is 20.2 Å². The van der Waals surface area contributed by atoms with Crippen molar-refractivity contribution in [3.8, 4) is 0 Å². The lowest BCUT2D eigenvalue weighted by Gasteiger charge is -2.21. The molecule has 0 saturated carbocycles. The highest BCUT2D eigenvalue weighted by Gasteiger charge is 2.39. The Morgan fingerprint density at radius 1 is 0.609 bits per heavy atom. The van der Waals surface area contributed by atoms with Gasteiger partial charge in [0.05, 0.1) is 16.7 Å². The Labute approximate surface area is 365 Å². The van der Waals surface area contributed by atoms with E-state index in [-0.39, 0.29) is 28.3 Å². The highest BCUT2D eigenvalue weighted by Crippen LogP contribution is 2.32. The Balaban J connectivity index is 0.814. The summed E-state index contributed by atoms with van der Waals surface area (Å²) < 4.78 is 11.0. The molecule has 0 aliphatic carbocycles. The molecule has 0 bridgehead atoms. The minimum atomic E-state index is -0.895. The van der Waals surface area contributed by atoms with Gasteiger partial charge in [-0.25, -0.2) is 14.4 Å². The molecule has 7 aromatic rings.